The monoisotopic (exact) mass is 278 g/mol. The van der Waals surface area contributed by atoms with Crippen LogP contribution in [0.15, 0.2) is 36.4 Å². The molecular formula is C16H13F3O. The second-order valence-corrected chi connectivity index (χ2v) is 5.19. The van der Waals surface area contributed by atoms with Crippen LogP contribution in [0.4, 0.5) is 13.2 Å². The Kier molecular flexibility index (Phi) is 3.05. The molecule has 0 aromatic heterocycles. The summed E-state index contributed by atoms with van der Waals surface area (Å²) in [7, 11) is 0. The first-order valence-corrected chi connectivity index (χ1v) is 6.44. The number of benzene rings is 2. The Hall–Kier alpha value is -1.81. The molecule has 0 bridgehead atoms. The van der Waals surface area contributed by atoms with Crippen molar-refractivity contribution in [1.29, 1.82) is 0 Å². The molecule has 0 spiro atoms. The predicted octanol–water partition coefficient (Wildman–Crippen LogP) is 3.48. The first-order valence-electron chi connectivity index (χ1n) is 6.44. The molecule has 0 fully saturated rings. The molecule has 0 heterocycles. The average molecular weight is 278 g/mol. The fourth-order valence-corrected chi connectivity index (χ4v) is 2.90. The second-order valence-electron chi connectivity index (χ2n) is 5.19. The van der Waals surface area contributed by atoms with E-state index in [2.05, 4.69) is 0 Å². The standard InChI is InChI=1S/C16H13F3O/c17-13-5-2-4-12-11(13)7-8-16(12,20)9-10-3-1-6-14(18)15(10)19/h1-6,20H,7-9H2. The van der Waals surface area contributed by atoms with Crippen molar-refractivity contribution < 1.29 is 18.3 Å². The normalized spacial score (nSPS) is 21.0. The summed E-state index contributed by atoms with van der Waals surface area (Å²) in [5.41, 5.74) is -0.302. The summed E-state index contributed by atoms with van der Waals surface area (Å²) in [4.78, 5) is 0. The minimum atomic E-state index is -1.34. The Labute approximate surface area is 114 Å². The Balaban J connectivity index is 2.00. The highest BCUT2D eigenvalue weighted by Gasteiger charge is 2.38. The summed E-state index contributed by atoms with van der Waals surface area (Å²) in [6.07, 6.45) is 0.641. The molecular weight excluding hydrogens is 265 g/mol. The zero-order chi connectivity index (χ0) is 14.3. The number of fused-ring (bicyclic) bond motifs is 1. The summed E-state index contributed by atoms with van der Waals surface area (Å²) in [6, 6.07) is 8.37. The number of hydrogen-bond acceptors (Lipinski definition) is 1. The molecule has 20 heavy (non-hydrogen) atoms. The molecule has 0 aliphatic heterocycles. The molecule has 1 aliphatic carbocycles. The highest BCUT2D eigenvalue weighted by atomic mass is 19.2. The van der Waals surface area contributed by atoms with Crippen molar-refractivity contribution in [1.82, 2.24) is 0 Å². The zero-order valence-electron chi connectivity index (χ0n) is 10.7. The van der Waals surface area contributed by atoms with Crippen LogP contribution in [0.3, 0.4) is 0 Å². The van der Waals surface area contributed by atoms with Gasteiger partial charge in [0.05, 0.1) is 5.60 Å². The largest absolute Gasteiger partial charge is 0.385 e. The number of halogens is 3. The van der Waals surface area contributed by atoms with Crippen LogP contribution >= 0.6 is 0 Å². The maximum absolute atomic E-state index is 13.7. The van der Waals surface area contributed by atoms with Gasteiger partial charge in [-0.3, -0.25) is 0 Å². The SMILES string of the molecule is OC1(Cc2cccc(F)c2F)CCc2c(F)cccc21. The number of aliphatic hydroxyl groups is 1. The van der Waals surface area contributed by atoms with Crippen molar-refractivity contribution in [3.8, 4) is 0 Å². The zero-order valence-corrected chi connectivity index (χ0v) is 10.7. The van der Waals surface area contributed by atoms with Crippen LogP contribution in [-0.2, 0) is 18.4 Å². The molecule has 4 heteroatoms. The number of rotatable bonds is 2. The maximum Gasteiger partial charge on any atom is 0.162 e. The summed E-state index contributed by atoms with van der Waals surface area (Å²) in [5, 5.41) is 10.7. The van der Waals surface area contributed by atoms with Gasteiger partial charge >= 0.3 is 0 Å². The van der Waals surface area contributed by atoms with Gasteiger partial charge < -0.3 is 5.11 Å². The lowest BCUT2D eigenvalue weighted by Gasteiger charge is -2.24. The molecule has 0 saturated heterocycles. The third kappa shape index (κ3) is 2.00. The first-order chi connectivity index (χ1) is 9.51. The number of hydrogen-bond donors (Lipinski definition) is 1. The van der Waals surface area contributed by atoms with E-state index in [0.29, 0.717) is 24.0 Å². The van der Waals surface area contributed by atoms with Gasteiger partial charge in [0.15, 0.2) is 11.6 Å². The van der Waals surface area contributed by atoms with Gasteiger partial charge in [-0.25, -0.2) is 13.2 Å². The van der Waals surface area contributed by atoms with Crippen molar-refractivity contribution in [2.24, 2.45) is 0 Å². The smallest absolute Gasteiger partial charge is 0.162 e. The quantitative estimate of drug-likeness (QED) is 0.891. The molecule has 2 aromatic carbocycles. The van der Waals surface area contributed by atoms with Crippen LogP contribution in [0.25, 0.3) is 0 Å². The Morgan fingerprint density at radius 2 is 1.70 bits per heavy atom. The molecule has 2 aromatic rings. The van der Waals surface area contributed by atoms with Gasteiger partial charge in [0.1, 0.15) is 5.82 Å². The van der Waals surface area contributed by atoms with Crippen LogP contribution in [0.2, 0.25) is 0 Å². The van der Waals surface area contributed by atoms with Crippen molar-refractivity contribution in [3.05, 3.63) is 70.5 Å². The Morgan fingerprint density at radius 1 is 1.00 bits per heavy atom. The van der Waals surface area contributed by atoms with E-state index in [1.807, 2.05) is 0 Å². The minimum absolute atomic E-state index is 0.0625. The van der Waals surface area contributed by atoms with E-state index in [0.717, 1.165) is 6.07 Å². The van der Waals surface area contributed by atoms with Gasteiger partial charge in [0, 0.05) is 6.42 Å². The van der Waals surface area contributed by atoms with Crippen LogP contribution in [0, 0.1) is 17.5 Å². The maximum atomic E-state index is 13.7. The van der Waals surface area contributed by atoms with Gasteiger partial charge in [0.25, 0.3) is 0 Å². The van der Waals surface area contributed by atoms with Gasteiger partial charge in [-0.1, -0.05) is 24.3 Å². The fraction of sp³-hybridized carbons (Fsp3) is 0.250. The third-order valence-electron chi connectivity index (χ3n) is 3.92. The average Bonchev–Trinajstić information content (AvgIpc) is 2.75. The molecule has 1 N–H and O–H groups in total. The van der Waals surface area contributed by atoms with E-state index >= 15 is 0 Å². The molecule has 1 atom stereocenters. The van der Waals surface area contributed by atoms with E-state index < -0.39 is 17.2 Å². The van der Waals surface area contributed by atoms with Crippen LogP contribution < -0.4 is 0 Å². The van der Waals surface area contributed by atoms with Crippen molar-refractivity contribution in [3.63, 3.8) is 0 Å². The lowest BCUT2D eigenvalue weighted by Crippen LogP contribution is -2.26. The Morgan fingerprint density at radius 3 is 2.50 bits per heavy atom. The molecule has 0 saturated carbocycles. The molecule has 1 nitrogen and oxygen atoms in total. The van der Waals surface area contributed by atoms with E-state index in [-0.39, 0.29) is 17.8 Å². The van der Waals surface area contributed by atoms with E-state index in [1.165, 1.54) is 24.3 Å². The summed E-state index contributed by atoms with van der Waals surface area (Å²) in [5.74, 6) is -2.26. The van der Waals surface area contributed by atoms with Crippen molar-refractivity contribution >= 4 is 0 Å². The summed E-state index contributed by atoms with van der Waals surface area (Å²) < 4.78 is 40.6. The molecule has 104 valence electrons. The molecule has 0 amide bonds. The lowest BCUT2D eigenvalue weighted by molar-refractivity contribution is 0.0379. The van der Waals surface area contributed by atoms with Gasteiger partial charge in [-0.2, -0.15) is 0 Å². The molecule has 1 unspecified atom stereocenters. The third-order valence-corrected chi connectivity index (χ3v) is 3.92. The van der Waals surface area contributed by atoms with Crippen LogP contribution in [0.1, 0.15) is 23.1 Å². The second kappa shape index (κ2) is 4.63. The topological polar surface area (TPSA) is 20.2 Å². The first kappa shape index (κ1) is 13.2. The van der Waals surface area contributed by atoms with Gasteiger partial charge in [-0.05, 0) is 41.7 Å². The highest BCUT2D eigenvalue weighted by Crippen LogP contribution is 2.40. The molecule has 1 aliphatic rings. The van der Waals surface area contributed by atoms with E-state index in [9.17, 15) is 18.3 Å². The van der Waals surface area contributed by atoms with Crippen molar-refractivity contribution in [2.45, 2.75) is 24.9 Å². The predicted molar refractivity (Wildman–Crippen MR) is 68.7 cm³/mol. The van der Waals surface area contributed by atoms with Gasteiger partial charge in [-0.15, -0.1) is 0 Å². The van der Waals surface area contributed by atoms with Gasteiger partial charge in [0.2, 0.25) is 0 Å². The van der Waals surface area contributed by atoms with Crippen molar-refractivity contribution in [2.75, 3.05) is 0 Å². The molecule has 3 rings (SSSR count). The molecule has 0 radical (unpaired) electrons. The Bertz CT molecular complexity index is 669. The van der Waals surface area contributed by atoms with Crippen LogP contribution in [0.5, 0.6) is 0 Å². The fourth-order valence-electron chi connectivity index (χ4n) is 2.90. The van der Waals surface area contributed by atoms with Crippen LogP contribution in [-0.4, -0.2) is 5.11 Å². The summed E-state index contributed by atoms with van der Waals surface area (Å²) >= 11 is 0. The summed E-state index contributed by atoms with van der Waals surface area (Å²) in [6.45, 7) is 0. The minimum Gasteiger partial charge on any atom is -0.385 e. The van der Waals surface area contributed by atoms with E-state index in [1.54, 1.807) is 6.07 Å². The lowest BCUT2D eigenvalue weighted by atomic mass is 9.88. The van der Waals surface area contributed by atoms with E-state index in [4.69, 9.17) is 0 Å². The highest BCUT2D eigenvalue weighted by molar-refractivity contribution is 5.40.